The fourth-order valence-corrected chi connectivity index (χ4v) is 1.81. The lowest BCUT2D eigenvalue weighted by atomic mass is 10.3. The Labute approximate surface area is 97.7 Å². The van der Waals surface area contributed by atoms with E-state index < -0.39 is 12.0 Å². The first-order valence-electron chi connectivity index (χ1n) is 5.16. The van der Waals surface area contributed by atoms with E-state index in [0.717, 1.165) is 0 Å². The Kier molecular flexibility index (Phi) is 2.86. The topological polar surface area (TPSA) is 81.1 Å². The molecule has 0 atom stereocenters. The molecule has 2 rings (SSSR count). The van der Waals surface area contributed by atoms with E-state index in [0.29, 0.717) is 18.8 Å². The lowest BCUT2D eigenvalue weighted by Gasteiger charge is -2.18. The fourth-order valence-electron chi connectivity index (χ4n) is 1.81. The van der Waals surface area contributed by atoms with Crippen molar-refractivity contribution in [1.29, 1.82) is 0 Å². The molecule has 1 aliphatic heterocycles. The second-order valence-electron chi connectivity index (χ2n) is 3.74. The largest absolute Gasteiger partial charge is 0.506 e. The lowest BCUT2D eigenvalue weighted by Crippen LogP contribution is -2.35. The Balaban J connectivity index is 2.18. The molecule has 0 unspecified atom stereocenters. The Morgan fingerprint density at radius 2 is 2.00 bits per heavy atom. The third kappa shape index (κ3) is 2.15. The average Bonchev–Trinajstić information content (AvgIpc) is 2.61. The molecule has 2 N–H and O–H groups in total. The van der Waals surface area contributed by atoms with E-state index >= 15 is 0 Å². The van der Waals surface area contributed by atoms with Gasteiger partial charge in [-0.1, -0.05) is 12.1 Å². The number of anilines is 1. The highest BCUT2D eigenvalue weighted by molar-refractivity contribution is 5.96. The smallest absolute Gasteiger partial charge is 0.325 e. The van der Waals surface area contributed by atoms with E-state index in [4.69, 9.17) is 5.11 Å². The summed E-state index contributed by atoms with van der Waals surface area (Å²) in [6, 6.07) is 6.09. The molecule has 1 aromatic rings. The van der Waals surface area contributed by atoms with Gasteiger partial charge >= 0.3 is 12.0 Å². The van der Waals surface area contributed by atoms with Crippen molar-refractivity contribution in [2.75, 3.05) is 24.5 Å². The number of aliphatic carboxylic acids is 1. The minimum atomic E-state index is -1.04. The molecule has 0 spiro atoms. The van der Waals surface area contributed by atoms with Crippen molar-refractivity contribution >= 4 is 17.7 Å². The minimum absolute atomic E-state index is 0.0121. The molecule has 0 bridgehead atoms. The number of phenols is 1. The zero-order valence-corrected chi connectivity index (χ0v) is 9.04. The highest BCUT2D eigenvalue weighted by Gasteiger charge is 2.31. The van der Waals surface area contributed by atoms with Crippen molar-refractivity contribution in [3.05, 3.63) is 24.3 Å². The van der Waals surface area contributed by atoms with Gasteiger partial charge in [-0.25, -0.2) is 4.79 Å². The van der Waals surface area contributed by atoms with Crippen LogP contribution in [0, 0.1) is 0 Å². The van der Waals surface area contributed by atoms with E-state index in [-0.39, 0.29) is 12.3 Å². The predicted octanol–water partition coefficient (Wildman–Crippen LogP) is 0.719. The highest BCUT2D eigenvalue weighted by atomic mass is 16.4. The van der Waals surface area contributed by atoms with E-state index in [1.54, 1.807) is 18.2 Å². The zero-order valence-electron chi connectivity index (χ0n) is 9.04. The number of carbonyl (C=O) groups excluding carboxylic acids is 1. The number of benzene rings is 1. The molecule has 1 aliphatic rings. The monoisotopic (exact) mass is 236 g/mol. The van der Waals surface area contributed by atoms with Crippen LogP contribution in [0.3, 0.4) is 0 Å². The lowest BCUT2D eigenvalue weighted by molar-refractivity contribution is -0.137. The van der Waals surface area contributed by atoms with Gasteiger partial charge in [-0.3, -0.25) is 9.69 Å². The third-order valence-electron chi connectivity index (χ3n) is 2.59. The SMILES string of the molecule is O=C(O)CN1CCN(c2ccccc2O)C1=O. The van der Waals surface area contributed by atoms with Crippen LogP contribution in [-0.4, -0.2) is 46.7 Å². The molecule has 0 aromatic heterocycles. The Morgan fingerprint density at radius 3 is 2.65 bits per heavy atom. The Hall–Kier alpha value is -2.24. The van der Waals surface area contributed by atoms with Gasteiger partial charge in [0, 0.05) is 13.1 Å². The van der Waals surface area contributed by atoms with Crippen molar-refractivity contribution < 1.29 is 19.8 Å². The number of carboxylic acids is 1. The molecule has 0 aliphatic carbocycles. The van der Waals surface area contributed by atoms with Crippen LogP contribution in [0.15, 0.2) is 24.3 Å². The number of carbonyl (C=O) groups is 2. The van der Waals surface area contributed by atoms with Gasteiger partial charge in [0.25, 0.3) is 0 Å². The molecule has 6 nitrogen and oxygen atoms in total. The number of para-hydroxylation sites is 2. The molecule has 2 amide bonds. The van der Waals surface area contributed by atoms with Crippen molar-refractivity contribution in [3.63, 3.8) is 0 Å². The summed E-state index contributed by atoms with van der Waals surface area (Å²) >= 11 is 0. The van der Waals surface area contributed by atoms with Crippen molar-refractivity contribution in [2.24, 2.45) is 0 Å². The fraction of sp³-hybridized carbons (Fsp3) is 0.273. The number of aromatic hydroxyl groups is 1. The number of nitrogens with zero attached hydrogens (tertiary/aromatic N) is 2. The van der Waals surface area contributed by atoms with E-state index in [2.05, 4.69) is 0 Å². The number of amides is 2. The van der Waals surface area contributed by atoms with Gasteiger partial charge in [0.2, 0.25) is 0 Å². The van der Waals surface area contributed by atoms with Gasteiger partial charge in [-0.05, 0) is 12.1 Å². The van der Waals surface area contributed by atoms with E-state index in [1.807, 2.05) is 0 Å². The first kappa shape index (κ1) is 11.3. The molecule has 1 aromatic carbocycles. The normalized spacial score (nSPS) is 15.4. The van der Waals surface area contributed by atoms with Crippen LogP contribution in [0.5, 0.6) is 5.75 Å². The second-order valence-corrected chi connectivity index (χ2v) is 3.74. The zero-order chi connectivity index (χ0) is 12.4. The maximum atomic E-state index is 11.9. The molecule has 90 valence electrons. The molecule has 17 heavy (non-hydrogen) atoms. The average molecular weight is 236 g/mol. The number of rotatable bonds is 3. The van der Waals surface area contributed by atoms with Crippen LogP contribution in [0.25, 0.3) is 0 Å². The predicted molar refractivity (Wildman–Crippen MR) is 60.1 cm³/mol. The molecule has 0 saturated carbocycles. The summed E-state index contributed by atoms with van der Waals surface area (Å²) in [7, 11) is 0. The number of urea groups is 1. The molecule has 0 radical (unpaired) electrons. The van der Waals surface area contributed by atoms with Gasteiger partial charge in [0.15, 0.2) is 0 Å². The summed E-state index contributed by atoms with van der Waals surface area (Å²) < 4.78 is 0. The minimum Gasteiger partial charge on any atom is -0.506 e. The third-order valence-corrected chi connectivity index (χ3v) is 2.59. The molecule has 1 heterocycles. The summed E-state index contributed by atoms with van der Waals surface area (Å²) in [5.41, 5.74) is 0.408. The van der Waals surface area contributed by atoms with Crippen molar-refractivity contribution in [2.45, 2.75) is 0 Å². The summed E-state index contributed by atoms with van der Waals surface area (Å²) in [5, 5.41) is 18.3. The van der Waals surface area contributed by atoms with Crippen LogP contribution in [-0.2, 0) is 4.79 Å². The van der Waals surface area contributed by atoms with E-state index in [1.165, 1.54) is 15.9 Å². The Morgan fingerprint density at radius 1 is 1.29 bits per heavy atom. The van der Waals surface area contributed by atoms with Gasteiger partial charge < -0.3 is 15.1 Å². The maximum Gasteiger partial charge on any atom is 0.325 e. The maximum absolute atomic E-state index is 11.9. The summed E-state index contributed by atoms with van der Waals surface area (Å²) in [4.78, 5) is 25.0. The van der Waals surface area contributed by atoms with Gasteiger partial charge in [-0.15, -0.1) is 0 Å². The van der Waals surface area contributed by atoms with Gasteiger partial charge in [-0.2, -0.15) is 0 Å². The van der Waals surface area contributed by atoms with Crippen LogP contribution >= 0.6 is 0 Å². The van der Waals surface area contributed by atoms with Crippen molar-refractivity contribution in [1.82, 2.24) is 4.90 Å². The molecule has 1 fully saturated rings. The number of phenolic OH excluding ortho intramolecular Hbond substituents is 1. The molecule has 6 heteroatoms. The Bertz CT molecular complexity index is 461. The van der Waals surface area contributed by atoms with Gasteiger partial charge in [0.1, 0.15) is 12.3 Å². The molecule has 1 saturated heterocycles. The number of carboxylic acid groups (broad SMARTS) is 1. The molecular weight excluding hydrogens is 224 g/mol. The highest BCUT2D eigenvalue weighted by Crippen LogP contribution is 2.29. The van der Waals surface area contributed by atoms with E-state index in [9.17, 15) is 14.7 Å². The standard InChI is InChI=1S/C11H12N2O4/c14-9-4-2-1-3-8(9)13-6-5-12(11(13)17)7-10(15)16/h1-4,14H,5-7H2,(H,15,16). The summed E-state index contributed by atoms with van der Waals surface area (Å²) in [6.45, 7) is 0.409. The number of hydrogen-bond donors (Lipinski definition) is 2. The first-order valence-corrected chi connectivity index (χ1v) is 5.16. The second kappa shape index (κ2) is 4.32. The summed E-state index contributed by atoms with van der Waals surface area (Å²) in [5.74, 6) is -1.03. The quantitative estimate of drug-likeness (QED) is 0.810. The van der Waals surface area contributed by atoms with Crippen LogP contribution in [0.4, 0.5) is 10.5 Å². The van der Waals surface area contributed by atoms with Crippen LogP contribution < -0.4 is 4.90 Å². The number of hydrogen-bond acceptors (Lipinski definition) is 3. The molecular formula is C11H12N2O4. The first-order chi connectivity index (χ1) is 8.09. The van der Waals surface area contributed by atoms with Crippen LogP contribution in [0.1, 0.15) is 0 Å². The summed E-state index contributed by atoms with van der Waals surface area (Å²) in [6.07, 6.45) is 0. The van der Waals surface area contributed by atoms with Crippen molar-refractivity contribution in [3.8, 4) is 5.75 Å². The van der Waals surface area contributed by atoms with Gasteiger partial charge in [0.05, 0.1) is 5.69 Å². The van der Waals surface area contributed by atoms with Crippen LogP contribution in [0.2, 0.25) is 0 Å².